The van der Waals surface area contributed by atoms with E-state index in [-0.39, 0.29) is 18.6 Å². The summed E-state index contributed by atoms with van der Waals surface area (Å²) in [6.07, 6.45) is 3.95. The lowest BCUT2D eigenvalue weighted by Gasteiger charge is -2.14. The van der Waals surface area contributed by atoms with E-state index in [1.165, 1.54) is 12.8 Å². The zero-order valence-corrected chi connectivity index (χ0v) is 7.74. The summed E-state index contributed by atoms with van der Waals surface area (Å²) in [4.78, 5) is 12.9. The molecule has 1 aliphatic heterocycles. The molecule has 1 heterocycles. The van der Waals surface area contributed by atoms with Crippen LogP contribution in [0.4, 0.5) is 0 Å². The van der Waals surface area contributed by atoms with Gasteiger partial charge in [-0.25, -0.2) is 0 Å². The van der Waals surface area contributed by atoms with E-state index in [9.17, 15) is 4.79 Å². The molecule has 13 heavy (non-hydrogen) atoms. The standard InChI is InChI=1S/C9H16N2O2/c10-9(12)6-13-8-3-4-11(5-8)7-1-2-7/h7-8H,1-6H2,(H2,10,12). The van der Waals surface area contributed by atoms with E-state index in [1.54, 1.807) is 0 Å². The molecule has 0 aromatic heterocycles. The highest BCUT2D eigenvalue weighted by atomic mass is 16.5. The maximum atomic E-state index is 10.5. The van der Waals surface area contributed by atoms with E-state index in [0.29, 0.717) is 0 Å². The highest BCUT2D eigenvalue weighted by Crippen LogP contribution is 2.30. The van der Waals surface area contributed by atoms with Gasteiger partial charge < -0.3 is 10.5 Å². The fourth-order valence-electron chi connectivity index (χ4n) is 1.86. The summed E-state index contributed by atoms with van der Waals surface area (Å²) < 4.78 is 5.36. The highest BCUT2D eigenvalue weighted by molar-refractivity contribution is 5.75. The number of ether oxygens (including phenoxy) is 1. The van der Waals surface area contributed by atoms with Crippen molar-refractivity contribution in [2.45, 2.75) is 31.4 Å². The molecule has 1 aliphatic carbocycles. The van der Waals surface area contributed by atoms with Crippen LogP contribution >= 0.6 is 0 Å². The number of carbonyl (C=O) groups excluding carboxylic acids is 1. The van der Waals surface area contributed by atoms with Crippen molar-refractivity contribution >= 4 is 5.91 Å². The van der Waals surface area contributed by atoms with Gasteiger partial charge in [0.15, 0.2) is 0 Å². The van der Waals surface area contributed by atoms with Gasteiger partial charge >= 0.3 is 0 Å². The Morgan fingerprint density at radius 2 is 2.23 bits per heavy atom. The number of rotatable bonds is 4. The van der Waals surface area contributed by atoms with Gasteiger partial charge in [0.1, 0.15) is 6.61 Å². The second-order valence-corrected chi connectivity index (χ2v) is 3.91. The first kappa shape index (κ1) is 8.97. The molecule has 0 bridgehead atoms. The molecule has 2 fully saturated rings. The van der Waals surface area contributed by atoms with Crippen molar-refractivity contribution in [2.75, 3.05) is 19.7 Å². The molecule has 4 heteroatoms. The number of amides is 1. The van der Waals surface area contributed by atoms with Gasteiger partial charge in [-0.05, 0) is 19.3 Å². The van der Waals surface area contributed by atoms with Gasteiger partial charge in [-0.1, -0.05) is 0 Å². The summed E-state index contributed by atoms with van der Waals surface area (Å²) >= 11 is 0. The topological polar surface area (TPSA) is 55.6 Å². The minimum absolute atomic E-state index is 0.0726. The first-order valence-electron chi connectivity index (χ1n) is 4.89. The van der Waals surface area contributed by atoms with Crippen LogP contribution in [-0.4, -0.2) is 42.6 Å². The molecule has 2 N–H and O–H groups in total. The SMILES string of the molecule is NC(=O)COC1CCN(C2CC2)C1. The maximum absolute atomic E-state index is 10.5. The molecule has 0 aromatic rings. The molecule has 2 aliphatic rings. The molecular weight excluding hydrogens is 168 g/mol. The third-order valence-electron chi connectivity index (χ3n) is 2.70. The van der Waals surface area contributed by atoms with Crippen molar-refractivity contribution < 1.29 is 9.53 Å². The number of likely N-dealkylation sites (tertiary alicyclic amines) is 1. The molecule has 1 atom stereocenters. The van der Waals surface area contributed by atoms with Gasteiger partial charge in [-0.2, -0.15) is 0 Å². The van der Waals surface area contributed by atoms with Crippen molar-refractivity contribution in [3.8, 4) is 0 Å². The van der Waals surface area contributed by atoms with Gasteiger partial charge in [0.2, 0.25) is 5.91 Å². The van der Waals surface area contributed by atoms with Crippen LogP contribution in [0.2, 0.25) is 0 Å². The highest BCUT2D eigenvalue weighted by Gasteiger charge is 2.34. The molecule has 0 radical (unpaired) electrons. The van der Waals surface area contributed by atoms with Crippen LogP contribution in [0.5, 0.6) is 0 Å². The number of nitrogens with two attached hydrogens (primary N) is 1. The molecular formula is C9H16N2O2. The van der Waals surface area contributed by atoms with Crippen LogP contribution in [0, 0.1) is 0 Å². The summed E-state index contributed by atoms with van der Waals surface area (Å²) in [6.45, 7) is 2.18. The Morgan fingerprint density at radius 1 is 1.46 bits per heavy atom. The Morgan fingerprint density at radius 3 is 2.85 bits per heavy atom. The second-order valence-electron chi connectivity index (χ2n) is 3.91. The Labute approximate surface area is 78.0 Å². The average molecular weight is 184 g/mol. The van der Waals surface area contributed by atoms with Crippen LogP contribution in [0.15, 0.2) is 0 Å². The number of hydrogen-bond donors (Lipinski definition) is 1. The van der Waals surface area contributed by atoms with E-state index in [0.717, 1.165) is 25.6 Å². The van der Waals surface area contributed by atoms with E-state index in [1.807, 2.05) is 0 Å². The van der Waals surface area contributed by atoms with E-state index < -0.39 is 0 Å². The summed E-state index contributed by atoms with van der Waals surface area (Å²) in [5.41, 5.74) is 5.00. The largest absolute Gasteiger partial charge is 0.368 e. The van der Waals surface area contributed by atoms with Crippen molar-refractivity contribution in [1.29, 1.82) is 0 Å². The van der Waals surface area contributed by atoms with Crippen LogP contribution in [0.1, 0.15) is 19.3 Å². The molecule has 1 unspecified atom stereocenters. The molecule has 0 aromatic carbocycles. The van der Waals surface area contributed by atoms with Crippen molar-refractivity contribution in [3.05, 3.63) is 0 Å². The fraction of sp³-hybridized carbons (Fsp3) is 0.889. The fourth-order valence-corrected chi connectivity index (χ4v) is 1.86. The normalized spacial score (nSPS) is 29.4. The van der Waals surface area contributed by atoms with Crippen LogP contribution in [0.3, 0.4) is 0 Å². The number of hydrogen-bond acceptors (Lipinski definition) is 3. The molecule has 1 amide bonds. The minimum atomic E-state index is -0.370. The monoisotopic (exact) mass is 184 g/mol. The summed E-state index contributed by atoms with van der Waals surface area (Å²) in [6, 6.07) is 0.808. The van der Waals surface area contributed by atoms with Crippen molar-refractivity contribution in [1.82, 2.24) is 4.90 Å². The van der Waals surface area contributed by atoms with E-state index in [4.69, 9.17) is 10.5 Å². The summed E-state index contributed by atoms with van der Waals surface area (Å²) in [7, 11) is 0. The Kier molecular flexibility index (Phi) is 2.51. The van der Waals surface area contributed by atoms with Crippen molar-refractivity contribution in [3.63, 3.8) is 0 Å². The Balaban J connectivity index is 1.68. The third-order valence-corrected chi connectivity index (χ3v) is 2.70. The first-order chi connectivity index (χ1) is 6.25. The third kappa shape index (κ3) is 2.42. The summed E-state index contributed by atoms with van der Waals surface area (Å²) in [5, 5.41) is 0. The van der Waals surface area contributed by atoms with Crippen LogP contribution < -0.4 is 5.73 Å². The number of nitrogens with zero attached hydrogens (tertiary/aromatic N) is 1. The minimum Gasteiger partial charge on any atom is -0.368 e. The van der Waals surface area contributed by atoms with E-state index in [2.05, 4.69) is 4.90 Å². The van der Waals surface area contributed by atoms with Gasteiger partial charge in [0, 0.05) is 19.1 Å². The molecule has 74 valence electrons. The summed E-state index contributed by atoms with van der Waals surface area (Å²) in [5.74, 6) is -0.370. The lowest BCUT2D eigenvalue weighted by molar-refractivity contribution is -0.124. The zero-order chi connectivity index (χ0) is 9.26. The molecule has 0 spiro atoms. The molecule has 1 saturated heterocycles. The Bertz CT molecular complexity index is 204. The van der Waals surface area contributed by atoms with Crippen molar-refractivity contribution in [2.24, 2.45) is 5.73 Å². The van der Waals surface area contributed by atoms with Gasteiger partial charge in [0.25, 0.3) is 0 Å². The number of carbonyl (C=O) groups is 1. The lowest BCUT2D eigenvalue weighted by atomic mass is 10.3. The van der Waals surface area contributed by atoms with E-state index >= 15 is 0 Å². The molecule has 1 saturated carbocycles. The predicted molar refractivity (Wildman–Crippen MR) is 48.1 cm³/mol. The average Bonchev–Trinajstić information content (AvgIpc) is 2.83. The molecule has 4 nitrogen and oxygen atoms in total. The Hall–Kier alpha value is -0.610. The molecule has 2 rings (SSSR count). The van der Waals surface area contributed by atoms with Gasteiger partial charge in [-0.3, -0.25) is 9.69 Å². The predicted octanol–water partition coefficient (Wildman–Crippen LogP) is -0.275. The number of primary amides is 1. The zero-order valence-electron chi connectivity index (χ0n) is 7.74. The van der Waals surface area contributed by atoms with Crippen LogP contribution in [0.25, 0.3) is 0 Å². The van der Waals surface area contributed by atoms with Gasteiger partial charge in [-0.15, -0.1) is 0 Å². The van der Waals surface area contributed by atoms with Gasteiger partial charge in [0.05, 0.1) is 6.10 Å². The smallest absolute Gasteiger partial charge is 0.243 e. The maximum Gasteiger partial charge on any atom is 0.243 e. The lowest BCUT2D eigenvalue weighted by Crippen LogP contribution is -2.28. The first-order valence-corrected chi connectivity index (χ1v) is 4.89. The quantitative estimate of drug-likeness (QED) is 0.654. The second kappa shape index (κ2) is 3.64. The van der Waals surface area contributed by atoms with Crippen LogP contribution in [-0.2, 0) is 9.53 Å².